The number of aromatic nitrogens is 3. The predicted molar refractivity (Wildman–Crippen MR) is 71.2 cm³/mol. The summed E-state index contributed by atoms with van der Waals surface area (Å²) in [6, 6.07) is 10.3. The SMILES string of the molecule is Cc1nnc(N2CCNCC2)n1-c1ccccc1. The van der Waals surface area contributed by atoms with Crippen LogP contribution in [-0.4, -0.2) is 40.9 Å². The second kappa shape index (κ2) is 4.78. The summed E-state index contributed by atoms with van der Waals surface area (Å²) in [5, 5.41) is 11.9. The van der Waals surface area contributed by atoms with Gasteiger partial charge in [0.15, 0.2) is 0 Å². The van der Waals surface area contributed by atoms with E-state index in [4.69, 9.17) is 0 Å². The molecule has 0 atom stereocenters. The molecule has 1 N–H and O–H groups in total. The maximum atomic E-state index is 4.33. The van der Waals surface area contributed by atoms with Crippen LogP contribution in [0, 0.1) is 6.92 Å². The topological polar surface area (TPSA) is 46.0 Å². The van der Waals surface area contributed by atoms with Gasteiger partial charge in [-0.15, -0.1) is 10.2 Å². The van der Waals surface area contributed by atoms with E-state index < -0.39 is 0 Å². The Kier molecular flexibility index (Phi) is 2.98. The molecule has 0 unspecified atom stereocenters. The first-order valence-corrected chi connectivity index (χ1v) is 6.29. The van der Waals surface area contributed by atoms with E-state index in [1.807, 2.05) is 25.1 Å². The summed E-state index contributed by atoms with van der Waals surface area (Å²) < 4.78 is 2.12. The molecule has 1 fully saturated rings. The van der Waals surface area contributed by atoms with Crippen molar-refractivity contribution in [3.05, 3.63) is 36.2 Å². The molecular weight excluding hydrogens is 226 g/mol. The normalized spacial score (nSPS) is 15.9. The van der Waals surface area contributed by atoms with Crippen molar-refractivity contribution in [3.63, 3.8) is 0 Å². The second-order valence-electron chi connectivity index (χ2n) is 4.46. The third kappa shape index (κ3) is 1.97. The standard InChI is InChI=1S/C13H17N5/c1-11-15-16-13(17-9-7-14-8-10-17)18(11)12-5-3-2-4-6-12/h2-6,14H,7-10H2,1H3. The third-order valence-electron chi connectivity index (χ3n) is 3.22. The summed E-state index contributed by atoms with van der Waals surface area (Å²) in [5.74, 6) is 1.87. The van der Waals surface area contributed by atoms with Crippen LogP contribution in [0.25, 0.3) is 5.69 Å². The van der Waals surface area contributed by atoms with Gasteiger partial charge in [0.25, 0.3) is 0 Å². The van der Waals surface area contributed by atoms with Gasteiger partial charge in [0.1, 0.15) is 5.82 Å². The molecule has 5 nitrogen and oxygen atoms in total. The van der Waals surface area contributed by atoms with E-state index in [9.17, 15) is 0 Å². The van der Waals surface area contributed by atoms with Gasteiger partial charge in [-0.1, -0.05) is 18.2 Å². The van der Waals surface area contributed by atoms with Crippen molar-refractivity contribution >= 4 is 5.95 Å². The van der Waals surface area contributed by atoms with Crippen LogP contribution in [0.2, 0.25) is 0 Å². The molecule has 0 amide bonds. The van der Waals surface area contributed by atoms with Crippen molar-refractivity contribution in [2.75, 3.05) is 31.1 Å². The van der Waals surface area contributed by atoms with Gasteiger partial charge < -0.3 is 10.2 Å². The van der Waals surface area contributed by atoms with Crippen LogP contribution in [0.15, 0.2) is 30.3 Å². The number of nitrogens with one attached hydrogen (secondary N) is 1. The zero-order valence-electron chi connectivity index (χ0n) is 10.5. The number of aryl methyl sites for hydroxylation is 1. The fraction of sp³-hybridized carbons (Fsp3) is 0.385. The van der Waals surface area contributed by atoms with E-state index >= 15 is 0 Å². The Bertz CT molecular complexity index is 513. The van der Waals surface area contributed by atoms with Gasteiger partial charge in [-0.3, -0.25) is 4.57 Å². The molecule has 1 aromatic heterocycles. The Hall–Kier alpha value is -1.88. The number of anilines is 1. The molecule has 1 aliphatic heterocycles. The lowest BCUT2D eigenvalue weighted by Crippen LogP contribution is -2.44. The third-order valence-corrected chi connectivity index (χ3v) is 3.22. The minimum atomic E-state index is 0.926. The Labute approximate surface area is 106 Å². The molecule has 1 aliphatic rings. The minimum absolute atomic E-state index is 0.926. The molecular formula is C13H17N5. The molecule has 94 valence electrons. The van der Waals surface area contributed by atoms with E-state index in [1.165, 1.54) is 0 Å². The molecule has 0 radical (unpaired) electrons. The number of para-hydroxylation sites is 1. The zero-order chi connectivity index (χ0) is 12.4. The van der Waals surface area contributed by atoms with Crippen molar-refractivity contribution < 1.29 is 0 Å². The fourth-order valence-electron chi connectivity index (χ4n) is 2.30. The Morgan fingerprint density at radius 2 is 1.78 bits per heavy atom. The highest BCUT2D eigenvalue weighted by Crippen LogP contribution is 2.19. The van der Waals surface area contributed by atoms with Crippen LogP contribution >= 0.6 is 0 Å². The highest BCUT2D eigenvalue weighted by molar-refractivity contribution is 5.44. The van der Waals surface area contributed by atoms with Crippen LogP contribution in [0.3, 0.4) is 0 Å². The van der Waals surface area contributed by atoms with Crippen molar-refractivity contribution in [2.24, 2.45) is 0 Å². The zero-order valence-corrected chi connectivity index (χ0v) is 10.5. The van der Waals surface area contributed by atoms with Gasteiger partial charge in [-0.2, -0.15) is 0 Å². The Balaban J connectivity index is 2.01. The second-order valence-corrected chi connectivity index (χ2v) is 4.46. The molecule has 2 aromatic rings. The fourth-order valence-corrected chi connectivity index (χ4v) is 2.30. The van der Waals surface area contributed by atoms with Crippen LogP contribution < -0.4 is 10.2 Å². The highest BCUT2D eigenvalue weighted by atomic mass is 15.4. The summed E-state index contributed by atoms with van der Waals surface area (Å²) in [5.41, 5.74) is 1.12. The quantitative estimate of drug-likeness (QED) is 0.854. The van der Waals surface area contributed by atoms with Crippen LogP contribution in [-0.2, 0) is 0 Å². The van der Waals surface area contributed by atoms with Gasteiger partial charge in [-0.05, 0) is 19.1 Å². The summed E-state index contributed by atoms with van der Waals surface area (Å²) in [6.45, 7) is 5.95. The summed E-state index contributed by atoms with van der Waals surface area (Å²) in [4.78, 5) is 2.28. The minimum Gasteiger partial charge on any atom is -0.338 e. The molecule has 0 aliphatic carbocycles. The van der Waals surface area contributed by atoms with E-state index in [0.29, 0.717) is 0 Å². The van der Waals surface area contributed by atoms with Gasteiger partial charge in [0, 0.05) is 26.2 Å². The van der Waals surface area contributed by atoms with Crippen LogP contribution in [0.4, 0.5) is 5.95 Å². The molecule has 0 spiro atoms. The average Bonchev–Trinajstić information content (AvgIpc) is 2.83. The van der Waals surface area contributed by atoms with E-state index in [-0.39, 0.29) is 0 Å². The van der Waals surface area contributed by atoms with E-state index in [2.05, 4.69) is 37.1 Å². The number of piperazine rings is 1. The first kappa shape index (κ1) is 11.2. The molecule has 2 heterocycles. The molecule has 5 heteroatoms. The molecule has 1 saturated heterocycles. The lowest BCUT2D eigenvalue weighted by atomic mass is 10.3. The smallest absolute Gasteiger partial charge is 0.231 e. The first-order chi connectivity index (χ1) is 8.86. The largest absolute Gasteiger partial charge is 0.338 e. The molecule has 1 aromatic carbocycles. The van der Waals surface area contributed by atoms with Gasteiger partial charge in [-0.25, -0.2) is 0 Å². The predicted octanol–water partition coefficient (Wildman–Crippen LogP) is 0.985. The summed E-state index contributed by atoms with van der Waals surface area (Å²) in [7, 11) is 0. The number of nitrogens with zero attached hydrogens (tertiary/aromatic N) is 4. The lowest BCUT2D eigenvalue weighted by molar-refractivity contribution is 0.576. The van der Waals surface area contributed by atoms with E-state index in [0.717, 1.165) is 43.6 Å². The summed E-state index contributed by atoms with van der Waals surface area (Å²) >= 11 is 0. The Morgan fingerprint density at radius 1 is 1.06 bits per heavy atom. The van der Waals surface area contributed by atoms with Gasteiger partial charge in [0.2, 0.25) is 5.95 Å². The number of benzene rings is 1. The highest BCUT2D eigenvalue weighted by Gasteiger charge is 2.18. The van der Waals surface area contributed by atoms with Crippen molar-refractivity contribution in [3.8, 4) is 5.69 Å². The van der Waals surface area contributed by atoms with Gasteiger partial charge >= 0.3 is 0 Å². The average molecular weight is 243 g/mol. The molecule has 0 saturated carbocycles. The molecule has 18 heavy (non-hydrogen) atoms. The lowest BCUT2D eigenvalue weighted by Gasteiger charge is -2.28. The Morgan fingerprint density at radius 3 is 2.50 bits per heavy atom. The maximum absolute atomic E-state index is 4.33. The first-order valence-electron chi connectivity index (χ1n) is 6.29. The summed E-state index contributed by atoms with van der Waals surface area (Å²) in [6.07, 6.45) is 0. The van der Waals surface area contributed by atoms with E-state index in [1.54, 1.807) is 0 Å². The van der Waals surface area contributed by atoms with Crippen LogP contribution in [0.1, 0.15) is 5.82 Å². The van der Waals surface area contributed by atoms with Crippen molar-refractivity contribution in [1.29, 1.82) is 0 Å². The van der Waals surface area contributed by atoms with Crippen molar-refractivity contribution in [1.82, 2.24) is 20.1 Å². The number of hydrogen-bond acceptors (Lipinski definition) is 4. The monoisotopic (exact) mass is 243 g/mol. The van der Waals surface area contributed by atoms with Gasteiger partial charge in [0.05, 0.1) is 5.69 Å². The molecule has 3 rings (SSSR count). The number of hydrogen-bond donors (Lipinski definition) is 1. The molecule has 0 bridgehead atoms. The van der Waals surface area contributed by atoms with Crippen LogP contribution in [0.5, 0.6) is 0 Å². The maximum Gasteiger partial charge on any atom is 0.231 e. The van der Waals surface area contributed by atoms with Crippen molar-refractivity contribution in [2.45, 2.75) is 6.92 Å². The number of rotatable bonds is 2.